The molecule has 0 aliphatic carbocycles. The van der Waals surface area contributed by atoms with E-state index in [-0.39, 0.29) is 6.07 Å². The van der Waals surface area contributed by atoms with E-state index in [1.165, 1.54) is 0 Å². The van der Waals surface area contributed by atoms with Crippen LogP contribution in [0, 0.1) is 0 Å². The van der Waals surface area contributed by atoms with Crippen LogP contribution >= 0.6 is 6.83 Å². The van der Waals surface area contributed by atoms with Gasteiger partial charge in [-0.2, -0.15) is 0 Å². The van der Waals surface area contributed by atoms with Crippen molar-refractivity contribution in [2.24, 2.45) is 0 Å². The molecular formula is C20H15F12O2P. The fraction of sp³-hybridized carbons (Fsp3) is 0.400. The molecule has 15 heteroatoms. The van der Waals surface area contributed by atoms with E-state index in [1.807, 2.05) is 0 Å². The normalized spacial score (nSPS) is 21.2. The van der Waals surface area contributed by atoms with E-state index in [0.29, 0.717) is 31.5 Å². The Balaban J connectivity index is 2.54. The topological polar surface area (TPSA) is 29.5 Å². The monoisotopic (exact) mass is 546 g/mol. The molecule has 0 spiro atoms. The number of rotatable bonds is 2. The zero-order valence-corrected chi connectivity index (χ0v) is 18.4. The van der Waals surface area contributed by atoms with E-state index in [2.05, 4.69) is 0 Å². The van der Waals surface area contributed by atoms with Crippen LogP contribution in [0.5, 0.6) is 0 Å². The third-order valence-electron chi connectivity index (χ3n) is 6.01. The van der Waals surface area contributed by atoms with Crippen LogP contribution in [0.3, 0.4) is 0 Å². The van der Waals surface area contributed by atoms with Gasteiger partial charge < -0.3 is 0 Å². The first-order valence-corrected chi connectivity index (χ1v) is 12.4. The average Bonchev–Trinajstić information content (AvgIpc) is 2.93. The molecule has 0 aromatic heterocycles. The van der Waals surface area contributed by atoms with E-state index >= 15 is 0 Å². The molecule has 0 radical (unpaired) electrons. The van der Waals surface area contributed by atoms with Gasteiger partial charge in [0.05, 0.1) is 0 Å². The summed E-state index contributed by atoms with van der Waals surface area (Å²) in [6, 6.07) is 4.98. The van der Waals surface area contributed by atoms with Crippen molar-refractivity contribution in [1.82, 2.24) is 0 Å². The summed E-state index contributed by atoms with van der Waals surface area (Å²) < 4.78 is 171. The molecule has 2 aromatic rings. The molecule has 0 fully saturated rings. The number of aliphatic hydroxyl groups is 1. The average molecular weight is 546 g/mol. The van der Waals surface area contributed by atoms with E-state index < -0.39 is 64.5 Å². The van der Waals surface area contributed by atoms with E-state index in [4.69, 9.17) is 4.52 Å². The number of benzene rings is 2. The second-order valence-electron chi connectivity index (χ2n) is 8.51. The molecule has 1 heterocycles. The zero-order valence-electron chi connectivity index (χ0n) is 17.5. The van der Waals surface area contributed by atoms with Gasteiger partial charge in [0, 0.05) is 0 Å². The molecule has 0 amide bonds. The molecule has 2 nitrogen and oxygen atoms in total. The minimum absolute atomic E-state index is 0.144. The quantitative estimate of drug-likeness (QED) is 0.369. The van der Waals surface area contributed by atoms with Gasteiger partial charge in [0.2, 0.25) is 0 Å². The Morgan fingerprint density at radius 1 is 0.657 bits per heavy atom. The predicted octanol–water partition coefficient (Wildman–Crippen LogP) is 6.03. The number of alkyl halides is 12. The van der Waals surface area contributed by atoms with Crippen LogP contribution in [0.25, 0.3) is 0 Å². The van der Waals surface area contributed by atoms with Crippen LogP contribution in [0.15, 0.2) is 48.5 Å². The molecule has 0 unspecified atom stereocenters. The molecule has 0 atom stereocenters. The summed E-state index contributed by atoms with van der Waals surface area (Å²) in [6.45, 7) is -4.43. The molecule has 1 aliphatic heterocycles. The first-order valence-electron chi connectivity index (χ1n) is 9.37. The Kier molecular flexibility index (Phi) is 5.71. The summed E-state index contributed by atoms with van der Waals surface area (Å²) in [6.07, 6.45) is -25.3. The SMILES string of the molecule is CP1(C)(c2ccccc2C(O)(C(F)(F)F)C(F)(F)F)OC(C(F)(F)F)(C(F)(F)F)c2ccccc21. The van der Waals surface area contributed by atoms with Crippen molar-refractivity contribution in [3.63, 3.8) is 0 Å². The van der Waals surface area contributed by atoms with Gasteiger partial charge in [-0.3, -0.25) is 0 Å². The van der Waals surface area contributed by atoms with Crippen LogP contribution in [-0.2, 0) is 15.7 Å². The first kappa shape index (κ1) is 27.5. The maximum atomic E-state index is 14.1. The summed E-state index contributed by atoms with van der Waals surface area (Å²) in [4.78, 5) is 0. The van der Waals surface area contributed by atoms with E-state index in [0.717, 1.165) is 24.3 Å². The molecule has 0 bridgehead atoms. The minimum atomic E-state index is -6.45. The van der Waals surface area contributed by atoms with E-state index in [1.54, 1.807) is 0 Å². The van der Waals surface area contributed by atoms with Crippen LogP contribution in [-0.4, -0.2) is 43.1 Å². The molecule has 0 saturated carbocycles. The Bertz CT molecular complexity index is 1120. The summed E-state index contributed by atoms with van der Waals surface area (Å²) in [7, 11) is 0. The second-order valence-corrected chi connectivity index (χ2v) is 13.7. The van der Waals surface area contributed by atoms with Crippen molar-refractivity contribution in [2.45, 2.75) is 35.9 Å². The second kappa shape index (κ2) is 7.25. The van der Waals surface area contributed by atoms with Gasteiger partial charge in [0.15, 0.2) is 0 Å². The fourth-order valence-electron chi connectivity index (χ4n) is 4.41. The van der Waals surface area contributed by atoms with Gasteiger partial charge in [-0.25, -0.2) is 0 Å². The van der Waals surface area contributed by atoms with Crippen LogP contribution in [0.1, 0.15) is 11.1 Å². The Hall–Kier alpha value is -2.05. The molecule has 196 valence electrons. The van der Waals surface area contributed by atoms with Crippen molar-refractivity contribution in [3.05, 3.63) is 59.7 Å². The van der Waals surface area contributed by atoms with Gasteiger partial charge in [-0.1, -0.05) is 0 Å². The molecule has 0 saturated heterocycles. The van der Waals surface area contributed by atoms with Gasteiger partial charge in [-0.05, 0) is 0 Å². The molecule has 2 aromatic carbocycles. The van der Waals surface area contributed by atoms with Gasteiger partial charge in [0.25, 0.3) is 0 Å². The maximum absolute atomic E-state index is 14.1. The Morgan fingerprint density at radius 3 is 1.49 bits per heavy atom. The molecule has 1 aliphatic rings. The molecular weight excluding hydrogens is 531 g/mol. The van der Waals surface area contributed by atoms with Crippen molar-refractivity contribution >= 4 is 17.4 Å². The number of hydrogen-bond acceptors (Lipinski definition) is 2. The van der Waals surface area contributed by atoms with Crippen molar-refractivity contribution in [2.75, 3.05) is 13.3 Å². The Morgan fingerprint density at radius 2 is 1.06 bits per heavy atom. The van der Waals surface area contributed by atoms with Gasteiger partial charge in [0.1, 0.15) is 0 Å². The third-order valence-corrected chi connectivity index (χ3v) is 10.4. The van der Waals surface area contributed by atoms with Gasteiger partial charge >= 0.3 is 189 Å². The number of hydrogen-bond donors (Lipinski definition) is 1. The third kappa shape index (κ3) is 3.46. The van der Waals surface area contributed by atoms with Crippen molar-refractivity contribution < 1.29 is 62.3 Å². The summed E-state index contributed by atoms with van der Waals surface area (Å²) in [5, 5.41) is 7.85. The van der Waals surface area contributed by atoms with Crippen LogP contribution in [0.2, 0.25) is 0 Å². The molecule has 3 rings (SSSR count). The van der Waals surface area contributed by atoms with Crippen LogP contribution in [0.4, 0.5) is 52.7 Å². The summed E-state index contributed by atoms with van der Waals surface area (Å²) >= 11 is 0. The predicted molar refractivity (Wildman–Crippen MR) is 102 cm³/mol. The zero-order chi connectivity index (χ0) is 27.1. The standard InChI is InChI=1S/C20H15F12O2P/c1-35(2,13-9-5-3-7-11(13)15(33,17(21,22)23)18(24,25)26)14-10-6-4-8-12(14)16(34-35,19(27,28)29)20(30,31)32/h3-10,33H,1-2H3. The Labute approximate surface area is 189 Å². The summed E-state index contributed by atoms with van der Waals surface area (Å²) in [5.74, 6) is 0. The summed E-state index contributed by atoms with van der Waals surface area (Å²) in [5.41, 5.74) is -14.2. The van der Waals surface area contributed by atoms with Gasteiger partial charge in [-0.15, -0.1) is 0 Å². The van der Waals surface area contributed by atoms with E-state index in [9.17, 15) is 57.8 Å². The fourth-order valence-corrected chi connectivity index (χ4v) is 8.90. The number of fused-ring (bicyclic) bond motifs is 1. The molecule has 35 heavy (non-hydrogen) atoms. The number of halogens is 12. The van der Waals surface area contributed by atoms with Crippen molar-refractivity contribution in [1.29, 1.82) is 0 Å². The first-order chi connectivity index (χ1) is 15.5. The molecule has 1 N–H and O–H groups in total. The van der Waals surface area contributed by atoms with Crippen molar-refractivity contribution in [3.8, 4) is 0 Å². The van der Waals surface area contributed by atoms with Crippen LogP contribution < -0.4 is 10.6 Å².